The van der Waals surface area contributed by atoms with Gasteiger partial charge in [-0.25, -0.2) is 0 Å². The van der Waals surface area contributed by atoms with E-state index in [0.29, 0.717) is 5.92 Å². The van der Waals surface area contributed by atoms with Crippen LogP contribution in [0.2, 0.25) is 0 Å². The molecule has 234 valence electrons. The summed E-state index contributed by atoms with van der Waals surface area (Å²) in [5.41, 5.74) is 3.31. The smallest absolute Gasteiger partial charge is 0.0149 e. The van der Waals surface area contributed by atoms with Crippen molar-refractivity contribution >= 4 is 10.8 Å². The van der Waals surface area contributed by atoms with Crippen LogP contribution in [-0.4, -0.2) is 0 Å². The third kappa shape index (κ3) is 16.8. The fourth-order valence-corrected chi connectivity index (χ4v) is 6.86. The summed E-state index contributed by atoms with van der Waals surface area (Å²) in [4.78, 5) is 0. The zero-order valence-electron chi connectivity index (χ0n) is 28.1. The Balaban J connectivity index is 1.63. The van der Waals surface area contributed by atoms with Crippen molar-refractivity contribution in [1.82, 2.24) is 0 Å². The van der Waals surface area contributed by atoms with Gasteiger partial charge in [0.1, 0.15) is 0 Å². The molecule has 0 nitrogen and oxygen atoms in total. The van der Waals surface area contributed by atoms with Crippen LogP contribution in [0.4, 0.5) is 0 Å². The van der Waals surface area contributed by atoms with Crippen molar-refractivity contribution in [2.45, 2.75) is 200 Å². The summed E-state index contributed by atoms with van der Waals surface area (Å²) in [5.74, 6) is 0.680. The van der Waals surface area contributed by atoms with Gasteiger partial charge in [-0.2, -0.15) is 0 Å². The molecular weight excluding hydrogens is 492 g/mol. The van der Waals surface area contributed by atoms with E-state index in [1.165, 1.54) is 184 Å². The monoisotopic (exact) mass is 563 g/mol. The van der Waals surface area contributed by atoms with E-state index in [0.717, 1.165) is 0 Å². The lowest BCUT2D eigenvalue weighted by Gasteiger charge is -2.19. The first-order chi connectivity index (χ1) is 20.3. The number of rotatable bonds is 28. The molecule has 0 aliphatic carbocycles. The van der Waals surface area contributed by atoms with Gasteiger partial charge in [-0.3, -0.25) is 0 Å². The van der Waals surface area contributed by atoms with Crippen molar-refractivity contribution < 1.29 is 0 Å². The highest BCUT2D eigenvalue weighted by atomic mass is 14.2. The molecule has 0 radical (unpaired) electrons. The molecule has 0 spiro atoms. The third-order valence-corrected chi connectivity index (χ3v) is 9.63. The lowest BCUT2D eigenvalue weighted by atomic mass is 9.86. The topological polar surface area (TPSA) is 0 Å². The molecule has 2 aromatic carbocycles. The van der Waals surface area contributed by atoms with E-state index >= 15 is 0 Å². The Morgan fingerprint density at radius 1 is 0.439 bits per heavy atom. The van der Waals surface area contributed by atoms with Crippen LogP contribution in [0.1, 0.15) is 205 Å². The molecule has 0 heteroatoms. The van der Waals surface area contributed by atoms with Gasteiger partial charge in [-0.15, -0.1) is 0 Å². The van der Waals surface area contributed by atoms with Gasteiger partial charge in [0.25, 0.3) is 0 Å². The molecule has 0 bridgehead atoms. The van der Waals surface area contributed by atoms with Crippen LogP contribution in [0.25, 0.3) is 10.8 Å². The van der Waals surface area contributed by atoms with Crippen molar-refractivity contribution in [2.75, 3.05) is 0 Å². The number of hydrogen-bond donors (Lipinski definition) is 0. The first-order valence-corrected chi connectivity index (χ1v) is 18.8. The van der Waals surface area contributed by atoms with Gasteiger partial charge >= 0.3 is 0 Å². The normalized spacial score (nSPS) is 12.4. The fraction of sp³-hybridized carbons (Fsp3) is 0.756. The molecule has 0 N–H and O–H groups in total. The minimum absolute atomic E-state index is 0.680. The summed E-state index contributed by atoms with van der Waals surface area (Å²) >= 11 is 0. The molecule has 0 fully saturated rings. The molecule has 0 aliphatic rings. The van der Waals surface area contributed by atoms with Crippen LogP contribution in [-0.2, 0) is 6.42 Å². The highest BCUT2D eigenvalue weighted by Gasteiger charge is 2.13. The maximum atomic E-state index is 2.50. The number of hydrogen-bond acceptors (Lipinski definition) is 0. The molecule has 0 saturated heterocycles. The Labute approximate surface area is 257 Å². The summed E-state index contributed by atoms with van der Waals surface area (Å²) < 4.78 is 0. The predicted octanol–water partition coefficient (Wildman–Crippen LogP) is 14.7. The van der Waals surface area contributed by atoms with Crippen LogP contribution in [0, 0.1) is 0 Å². The molecule has 0 saturated carbocycles. The second-order valence-corrected chi connectivity index (χ2v) is 13.4. The van der Waals surface area contributed by atoms with Crippen LogP contribution in [0.5, 0.6) is 0 Å². The van der Waals surface area contributed by atoms with Gasteiger partial charge in [0.2, 0.25) is 0 Å². The average molecular weight is 563 g/mol. The average Bonchev–Trinajstić information content (AvgIpc) is 2.99. The summed E-state index contributed by atoms with van der Waals surface area (Å²) in [6.45, 7) is 7.11. The van der Waals surface area contributed by atoms with Crippen LogP contribution in [0.3, 0.4) is 0 Å². The zero-order valence-corrected chi connectivity index (χ0v) is 28.1. The third-order valence-electron chi connectivity index (χ3n) is 9.63. The predicted molar refractivity (Wildman–Crippen MR) is 187 cm³/mol. The zero-order chi connectivity index (χ0) is 29.2. The second-order valence-electron chi connectivity index (χ2n) is 13.4. The van der Waals surface area contributed by atoms with E-state index < -0.39 is 0 Å². The molecule has 41 heavy (non-hydrogen) atoms. The fourth-order valence-electron chi connectivity index (χ4n) is 6.86. The quantitative estimate of drug-likeness (QED) is 0.0905. The Kier molecular flexibility index (Phi) is 22.1. The van der Waals surface area contributed by atoms with Crippen molar-refractivity contribution in [3.05, 3.63) is 47.5 Å². The van der Waals surface area contributed by atoms with Gasteiger partial charge in [0, 0.05) is 0 Å². The Hall–Kier alpha value is -1.30. The molecule has 1 unspecified atom stereocenters. The van der Waals surface area contributed by atoms with Gasteiger partial charge in [-0.05, 0) is 47.1 Å². The summed E-state index contributed by atoms with van der Waals surface area (Å²) in [5, 5.41) is 2.95. The molecule has 1 atom stereocenters. The van der Waals surface area contributed by atoms with Crippen LogP contribution < -0.4 is 0 Å². The number of aryl methyl sites for hydroxylation is 1. The van der Waals surface area contributed by atoms with Gasteiger partial charge < -0.3 is 0 Å². The number of fused-ring (bicyclic) bond motifs is 1. The summed E-state index contributed by atoms with van der Waals surface area (Å²) in [7, 11) is 0. The van der Waals surface area contributed by atoms with Crippen molar-refractivity contribution in [3.63, 3.8) is 0 Å². The van der Waals surface area contributed by atoms with E-state index in [1.807, 2.05) is 0 Å². The molecule has 0 heterocycles. The maximum absolute atomic E-state index is 2.50. The van der Waals surface area contributed by atoms with Crippen LogP contribution >= 0.6 is 0 Å². The van der Waals surface area contributed by atoms with E-state index in [1.54, 1.807) is 11.1 Å². The molecule has 0 aromatic heterocycles. The van der Waals surface area contributed by atoms with E-state index in [-0.39, 0.29) is 0 Å². The minimum Gasteiger partial charge on any atom is -0.0654 e. The molecular formula is C41H70. The minimum atomic E-state index is 0.680. The second kappa shape index (κ2) is 25.2. The number of benzene rings is 2. The SMILES string of the molecule is CCCCCCCCCCCCCCCCc1c(C(C)CCCCCCCCCCCCC)ccc2ccccc12. The van der Waals surface area contributed by atoms with Crippen molar-refractivity contribution in [3.8, 4) is 0 Å². The summed E-state index contributed by atoms with van der Waals surface area (Å²) in [6, 6.07) is 14.0. The van der Waals surface area contributed by atoms with E-state index in [4.69, 9.17) is 0 Å². The largest absolute Gasteiger partial charge is 0.0654 e. The first-order valence-electron chi connectivity index (χ1n) is 18.8. The lowest BCUT2D eigenvalue weighted by molar-refractivity contribution is 0.529. The highest BCUT2D eigenvalue weighted by molar-refractivity contribution is 5.87. The van der Waals surface area contributed by atoms with Gasteiger partial charge in [0.05, 0.1) is 0 Å². The maximum Gasteiger partial charge on any atom is -0.0149 e. The standard InChI is InChI=1S/C41H70/c1-4-6-8-10-12-14-16-17-18-20-22-24-26-28-34-41-39(36-35-38-32-29-30-33-40(38)41)37(3)31-27-25-23-21-19-15-13-11-9-7-5-2/h29-30,32-33,35-37H,4-28,31,34H2,1-3H3. The Morgan fingerprint density at radius 2 is 0.854 bits per heavy atom. The van der Waals surface area contributed by atoms with Crippen molar-refractivity contribution in [1.29, 1.82) is 0 Å². The van der Waals surface area contributed by atoms with Crippen molar-refractivity contribution in [2.24, 2.45) is 0 Å². The van der Waals surface area contributed by atoms with E-state index in [9.17, 15) is 0 Å². The van der Waals surface area contributed by atoms with Gasteiger partial charge in [-0.1, -0.05) is 211 Å². The van der Waals surface area contributed by atoms with Gasteiger partial charge in [0.15, 0.2) is 0 Å². The first kappa shape index (κ1) is 35.9. The van der Waals surface area contributed by atoms with Crippen LogP contribution in [0.15, 0.2) is 36.4 Å². The Morgan fingerprint density at radius 3 is 1.34 bits per heavy atom. The lowest BCUT2D eigenvalue weighted by Crippen LogP contribution is -2.02. The summed E-state index contributed by atoms with van der Waals surface area (Å²) in [6.07, 6.45) is 38.5. The molecule has 0 aliphatic heterocycles. The molecule has 2 rings (SSSR count). The van der Waals surface area contributed by atoms with E-state index in [2.05, 4.69) is 57.2 Å². The molecule has 0 amide bonds. The Bertz CT molecular complexity index is 848. The molecule has 2 aromatic rings. The number of unbranched alkanes of at least 4 members (excludes halogenated alkanes) is 23. The highest BCUT2D eigenvalue weighted by Crippen LogP contribution is 2.32.